The lowest BCUT2D eigenvalue weighted by atomic mass is 10.2. The number of rotatable bonds is 4. The van der Waals surface area contributed by atoms with Crippen molar-refractivity contribution in [2.75, 3.05) is 12.1 Å². The zero-order valence-electron chi connectivity index (χ0n) is 14.4. The van der Waals surface area contributed by atoms with E-state index in [4.69, 9.17) is 0 Å². The van der Waals surface area contributed by atoms with Gasteiger partial charge in [0.25, 0.3) is 11.8 Å². The molecule has 0 saturated carbocycles. The number of hydrogen-bond donors (Lipinski definition) is 1. The third-order valence-electron chi connectivity index (χ3n) is 3.86. The monoisotopic (exact) mass is 340 g/mol. The van der Waals surface area contributed by atoms with Crippen molar-refractivity contribution in [2.24, 2.45) is 12.0 Å². The summed E-state index contributed by atoms with van der Waals surface area (Å²) in [7, 11) is 3.51. The number of hydrazine groups is 1. The molecule has 1 N–H and O–H groups in total. The zero-order valence-corrected chi connectivity index (χ0v) is 14.4. The van der Waals surface area contributed by atoms with Gasteiger partial charge in [-0.05, 0) is 19.1 Å². The second-order valence-electron chi connectivity index (χ2n) is 5.96. The number of hydrogen-bond acceptors (Lipinski definition) is 5. The van der Waals surface area contributed by atoms with Crippen LogP contribution in [0.4, 0.5) is 5.69 Å². The summed E-state index contributed by atoms with van der Waals surface area (Å²) in [5, 5.41) is 5.46. The van der Waals surface area contributed by atoms with Crippen LogP contribution < -0.4 is 10.4 Å². The Labute approximate surface area is 145 Å². The van der Waals surface area contributed by atoms with Crippen molar-refractivity contribution in [3.63, 3.8) is 0 Å². The molecule has 0 unspecified atom stereocenters. The Morgan fingerprint density at radius 2 is 2.04 bits per heavy atom. The number of carbonyl (C=O) groups excluding carboxylic acids is 2. The standard InChI is InChI=1S/C17H20N6O2/c1-12-16(24)23(14-7-5-4-6-8-14)20-15(19-12)17(25)21(2)10-13-9-18-22(3)11-13/h4-9,11-12H,10H2,1-3H3,(H,19,20)/t12-/m1/s1. The Hall–Kier alpha value is -3.16. The molecule has 0 aliphatic carbocycles. The van der Waals surface area contributed by atoms with Crippen LogP contribution >= 0.6 is 0 Å². The van der Waals surface area contributed by atoms with Gasteiger partial charge in [0.2, 0.25) is 5.84 Å². The highest BCUT2D eigenvalue weighted by atomic mass is 16.2. The van der Waals surface area contributed by atoms with E-state index in [0.717, 1.165) is 5.56 Å². The Kier molecular flexibility index (Phi) is 4.51. The number of anilines is 1. The number of para-hydroxylation sites is 1. The quantitative estimate of drug-likeness (QED) is 0.889. The van der Waals surface area contributed by atoms with Crippen LogP contribution in [0, 0.1) is 0 Å². The molecule has 0 bridgehead atoms. The molecule has 1 atom stereocenters. The Bertz CT molecular complexity index is 814. The van der Waals surface area contributed by atoms with E-state index in [1.54, 1.807) is 37.0 Å². The maximum absolute atomic E-state index is 12.7. The minimum atomic E-state index is -0.632. The van der Waals surface area contributed by atoms with Crippen LogP contribution in [-0.2, 0) is 23.2 Å². The number of likely N-dealkylation sites (N-methyl/N-ethyl adjacent to an activating group) is 1. The molecule has 2 heterocycles. The predicted octanol–water partition coefficient (Wildman–Crippen LogP) is 0.717. The molecule has 0 saturated heterocycles. The highest BCUT2D eigenvalue weighted by molar-refractivity contribution is 6.39. The van der Waals surface area contributed by atoms with Gasteiger partial charge in [-0.15, -0.1) is 0 Å². The van der Waals surface area contributed by atoms with E-state index in [-0.39, 0.29) is 17.6 Å². The summed E-state index contributed by atoms with van der Waals surface area (Å²) in [6.07, 6.45) is 3.56. The maximum Gasteiger partial charge on any atom is 0.290 e. The summed E-state index contributed by atoms with van der Waals surface area (Å²) >= 11 is 0. The van der Waals surface area contributed by atoms with Crippen molar-refractivity contribution in [1.29, 1.82) is 0 Å². The van der Waals surface area contributed by atoms with Crippen molar-refractivity contribution < 1.29 is 9.59 Å². The molecule has 1 aromatic carbocycles. The van der Waals surface area contributed by atoms with E-state index in [1.807, 2.05) is 31.4 Å². The summed E-state index contributed by atoms with van der Waals surface area (Å²) in [5.74, 6) is -0.357. The van der Waals surface area contributed by atoms with Gasteiger partial charge in [-0.2, -0.15) is 5.10 Å². The second-order valence-corrected chi connectivity index (χ2v) is 5.96. The molecule has 1 aromatic heterocycles. The molecule has 0 fully saturated rings. The normalized spacial score (nSPS) is 17.1. The van der Waals surface area contributed by atoms with Crippen LogP contribution in [0.15, 0.2) is 47.7 Å². The summed E-state index contributed by atoms with van der Waals surface area (Å²) in [5.41, 5.74) is 4.42. The smallest absolute Gasteiger partial charge is 0.290 e. The van der Waals surface area contributed by atoms with E-state index < -0.39 is 6.04 Å². The molecule has 3 rings (SSSR count). The average Bonchev–Trinajstić information content (AvgIpc) is 3.02. The first-order valence-electron chi connectivity index (χ1n) is 7.92. The van der Waals surface area contributed by atoms with Gasteiger partial charge >= 0.3 is 0 Å². The lowest BCUT2D eigenvalue weighted by molar-refractivity contribution is -0.124. The van der Waals surface area contributed by atoms with Crippen molar-refractivity contribution in [3.05, 3.63) is 48.3 Å². The first-order chi connectivity index (χ1) is 12.0. The van der Waals surface area contributed by atoms with Gasteiger partial charge in [-0.25, -0.2) is 10.0 Å². The van der Waals surface area contributed by atoms with Gasteiger partial charge < -0.3 is 4.90 Å². The molecule has 1 aliphatic heterocycles. The second kappa shape index (κ2) is 6.76. The number of amidine groups is 1. The third kappa shape index (κ3) is 3.52. The number of benzene rings is 1. The largest absolute Gasteiger partial charge is 0.335 e. The van der Waals surface area contributed by atoms with Crippen LogP contribution in [0.5, 0.6) is 0 Å². The van der Waals surface area contributed by atoms with Crippen LogP contribution in [0.2, 0.25) is 0 Å². The summed E-state index contributed by atoms with van der Waals surface area (Å²) < 4.78 is 1.68. The van der Waals surface area contributed by atoms with Gasteiger partial charge in [-0.1, -0.05) is 18.2 Å². The topological polar surface area (TPSA) is 82.8 Å². The first kappa shape index (κ1) is 16.7. The number of aryl methyl sites for hydroxylation is 1. The van der Waals surface area contributed by atoms with Crippen LogP contribution in [0.1, 0.15) is 12.5 Å². The molecule has 2 amide bonds. The number of nitrogens with zero attached hydrogens (tertiary/aromatic N) is 5. The fourth-order valence-corrected chi connectivity index (χ4v) is 2.58. The Morgan fingerprint density at radius 3 is 2.68 bits per heavy atom. The van der Waals surface area contributed by atoms with Gasteiger partial charge in [0.15, 0.2) is 0 Å². The first-order valence-corrected chi connectivity index (χ1v) is 7.92. The van der Waals surface area contributed by atoms with Crippen molar-refractivity contribution >= 4 is 23.3 Å². The van der Waals surface area contributed by atoms with E-state index in [2.05, 4.69) is 15.5 Å². The van der Waals surface area contributed by atoms with Gasteiger partial charge in [0.1, 0.15) is 6.04 Å². The molecular formula is C17H20N6O2. The molecule has 130 valence electrons. The summed E-state index contributed by atoms with van der Waals surface area (Å²) in [6, 6.07) is 8.48. The maximum atomic E-state index is 12.7. The third-order valence-corrected chi connectivity index (χ3v) is 3.86. The fraction of sp³-hybridized carbons (Fsp3) is 0.294. The van der Waals surface area contributed by atoms with E-state index >= 15 is 0 Å². The predicted molar refractivity (Wildman–Crippen MR) is 93.6 cm³/mol. The molecule has 1 aliphatic rings. The highest BCUT2D eigenvalue weighted by Crippen LogP contribution is 2.16. The van der Waals surface area contributed by atoms with Crippen LogP contribution in [0.25, 0.3) is 0 Å². The fourth-order valence-electron chi connectivity index (χ4n) is 2.58. The Morgan fingerprint density at radius 1 is 1.32 bits per heavy atom. The minimum Gasteiger partial charge on any atom is -0.335 e. The minimum absolute atomic E-state index is 0.141. The summed E-state index contributed by atoms with van der Waals surface area (Å²) in [6.45, 7) is 2.08. The molecule has 8 nitrogen and oxygen atoms in total. The molecular weight excluding hydrogens is 320 g/mol. The molecule has 8 heteroatoms. The average molecular weight is 340 g/mol. The number of amides is 2. The van der Waals surface area contributed by atoms with Gasteiger partial charge in [-0.3, -0.25) is 19.7 Å². The van der Waals surface area contributed by atoms with E-state index in [1.165, 1.54) is 9.91 Å². The molecule has 0 radical (unpaired) electrons. The SMILES string of the molecule is C[C@H]1N=C(C(=O)N(C)Cc2cnn(C)c2)NN(c2ccccc2)C1=O. The van der Waals surface area contributed by atoms with Gasteiger partial charge in [0, 0.05) is 32.4 Å². The van der Waals surface area contributed by atoms with E-state index in [0.29, 0.717) is 12.2 Å². The van der Waals surface area contributed by atoms with Gasteiger partial charge in [0.05, 0.1) is 11.9 Å². The number of aliphatic imine (C=N–C) groups is 1. The van der Waals surface area contributed by atoms with Crippen molar-refractivity contribution in [2.45, 2.75) is 19.5 Å². The van der Waals surface area contributed by atoms with Crippen molar-refractivity contribution in [3.8, 4) is 0 Å². The molecule has 2 aromatic rings. The lowest BCUT2D eigenvalue weighted by Gasteiger charge is -2.31. The number of nitrogens with one attached hydrogen (secondary N) is 1. The van der Waals surface area contributed by atoms with Crippen LogP contribution in [-0.4, -0.2) is 45.4 Å². The Balaban J connectivity index is 1.77. The number of aromatic nitrogens is 2. The van der Waals surface area contributed by atoms with Crippen molar-refractivity contribution in [1.82, 2.24) is 20.1 Å². The highest BCUT2D eigenvalue weighted by Gasteiger charge is 2.31. The van der Waals surface area contributed by atoms with E-state index in [9.17, 15) is 9.59 Å². The molecule has 0 spiro atoms. The lowest BCUT2D eigenvalue weighted by Crippen LogP contribution is -2.58. The van der Waals surface area contributed by atoms with Crippen LogP contribution in [0.3, 0.4) is 0 Å². The molecule has 25 heavy (non-hydrogen) atoms. The number of carbonyl (C=O) groups is 2. The summed E-state index contributed by atoms with van der Waals surface area (Å²) in [4.78, 5) is 30.8. The zero-order chi connectivity index (χ0) is 18.0.